The third-order valence-electron chi connectivity index (χ3n) is 3.37. The number of phenols is 1. The summed E-state index contributed by atoms with van der Waals surface area (Å²) in [6.45, 7) is 3.23. The van der Waals surface area contributed by atoms with E-state index in [1.807, 2.05) is 30.3 Å². The standard InChI is InChI=1S/C18H19NO5S/c1-4-25(21,22)19-16-11-14(12-17(24-3)18(16)20)6-5-13-7-9-15(23-2)10-8-13/h4-12,19-20H,1H2,2-3H3/b6-5+. The van der Waals surface area contributed by atoms with Crippen LogP contribution in [0.5, 0.6) is 17.2 Å². The molecular weight excluding hydrogens is 342 g/mol. The molecule has 0 aliphatic heterocycles. The molecule has 2 N–H and O–H groups in total. The Labute approximate surface area is 147 Å². The second-order valence-electron chi connectivity index (χ2n) is 5.04. The van der Waals surface area contributed by atoms with Crippen LogP contribution in [0.4, 0.5) is 5.69 Å². The van der Waals surface area contributed by atoms with Gasteiger partial charge in [-0.1, -0.05) is 30.9 Å². The van der Waals surface area contributed by atoms with Gasteiger partial charge in [-0.05, 0) is 35.4 Å². The van der Waals surface area contributed by atoms with E-state index in [2.05, 4.69) is 11.3 Å². The average molecular weight is 361 g/mol. The number of rotatable bonds is 7. The molecule has 2 aromatic rings. The van der Waals surface area contributed by atoms with Crippen LogP contribution < -0.4 is 14.2 Å². The molecule has 0 spiro atoms. The van der Waals surface area contributed by atoms with Crippen molar-refractivity contribution in [2.45, 2.75) is 0 Å². The number of benzene rings is 2. The molecule has 0 heterocycles. The maximum Gasteiger partial charge on any atom is 0.254 e. The third kappa shape index (κ3) is 4.77. The maximum atomic E-state index is 11.7. The van der Waals surface area contributed by atoms with E-state index in [9.17, 15) is 13.5 Å². The number of anilines is 1. The van der Waals surface area contributed by atoms with Crippen molar-refractivity contribution < 1.29 is 23.0 Å². The lowest BCUT2D eigenvalue weighted by Crippen LogP contribution is -2.09. The molecule has 0 saturated heterocycles. The molecule has 0 aliphatic rings. The first-order chi connectivity index (χ1) is 11.9. The molecule has 25 heavy (non-hydrogen) atoms. The Morgan fingerprint density at radius 2 is 1.68 bits per heavy atom. The predicted octanol–water partition coefficient (Wildman–Crippen LogP) is 3.47. The van der Waals surface area contributed by atoms with E-state index in [0.717, 1.165) is 16.7 Å². The van der Waals surface area contributed by atoms with Crippen molar-refractivity contribution in [1.82, 2.24) is 0 Å². The first kappa shape index (κ1) is 18.4. The van der Waals surface area contributed by atoms with E-state index in [1.165, 1.54) is 13.2 Å². The van der Waals surface area contributed by atoms with Gasteiger partial charge in [0.2, 0.25) is 0 Å². The van der Waals surface area contributed by atoms with Crippen LogP contribution in [0.25, 0.3) is 12.2 Å². The smallest absolute Gasteiger partial charge is 0.254 e. The summed E-state index contributed by atoms with van der Waals surface area (Å²) in [4.78, 5) is 0. The van der Waals surface area contributed by atoms with Crippen LogP contribution >= 0.6 is 0 Å². The third-order valence-corrected chi connectivity index (χ3v) is 4.32. The van der Waals surface area contributed by atoms with Gasteiger partial charge in [-0.25, -0.2) is 8.42 Å². The number of ether oxygens (including phenoxy) is 2. The molecule has 2 aromatic carbocycles. The Morgan fingerprint density at radius 1 is 1.04 bits per heavy atom. The molecule has 7 heteroatoms. The zero-order valence-corrected chi connectivity index (χ0v) is 14.7. The molecule has 0 radical (unpaired) electrons. The second kappa shape index (κ2) is 7.76. The van der Waals surface area contributed by atoms with Crippen molar-refractivity contribution in [2.24, 2.45) is 0 Å². The van der Waals surface area contributed by atoms with E-state index in [1.54, 1.807) is 19.3 Å². The number of sulfonamides is 1. The molecule has 0 saturated carbocycles. The van der Waals surface area contributed by atoms with Crippen molar-refractivity contribution >= 4 is 27.9 Å². The minimum absolute atomic E-state index is 0.00799. The van der Waals surface area contributed by atoms with Crippen molar-refractivity contribution in [1.29, 1.82) is 0 Å². The van der Waals surface area contributed by atoms with Crippen molar-refractivity contribution in [3.05, 3.63) is 59.5 Å². The van der Waals surface area contributed by atoms with E-state index in [0.29, 0.717) is 5.56 Å². The van der Waals surface area contributed by atoms with Gasteiger partial charge in [0.05, 0.1) is 19.9 Å². The van der Waals surface area contributed by atoms with Gasteiger partial charge in [0.25, 0.3) is 10.0 Å². The molecule has 0 atom stereocenters. The topological polar surface area (TPSA) is 84.9 Å². The zero-order valence-electron chi connectivity index (χ0n) is 13.9. The highest BCUT2D eigenvalue weighted by Gasteiger charge is 2.14. The molecular formula is C18H19NO5S. The molecule has 6 nitrogen and oxygen atoms in total. The van der Waals surface area contributed by atoms with Crippen LogP contribution in [0, 0.1) is 0 Å². The number of aromatic hydroxyl groups is 1. The Bertz CT molecular complexity index is 886. The van der Waals surface area contributed by atoms with Crippen LogP contribution in [-0.2, 0) is 10.0 Å². The fourth-order valence-corrected chi connectivity index (χ4v) is 2.61. The Morgan fingerprint density at radius 3 is 2.24 bits per heavy atom. The predicted molar refractivity (Wildman–Crippen MR) is 99.3 cm³/mol. The summed E-state index contributed by atoms with van der Waals surface area (Å²) in [5, 5.41) is 10.9. The number of hydrogen-bond donors (Lipinski definition) is 2. The quantitative estimate of drug-likeness (QED) is 0.583. The molecule has 0 unspecified atom stereocenters. The molecule has 2 rings (SSSR count). The highest BCUT2D eigenvalue weighted by atomic mass is 32.2. The van der Waals surface area contributed by atoms with Gasteiger partial charge in [0.15, 0.2) is 11.5 Å². The first-order valence-electron chi connectivity index (χ1n) is 7.27. The summed E-state index contributed by atoms with van der Waals surface area (Å²) in [6.07, 6.45) is 3.62. The normalized spacial score (nSPS) is 11.3. The van der Waals surface area contributed by atoms with E-state index in [-0.39, 0.29) is 17.2 Å². The zero-order chi connectivity index (χ0) is 18.4. The number of phenolic OH excluding ortho intramolecular Hbond substituents is 1. The lowest BCUT2D eigenvalue weighted by atomic mass is 10.1. The Hall–Kier alpha value is -2.93. The first-order valence-corrected chi connectivity index (χ1v) is 8.81. The lowest BCUT2D eigenvalue weighted by molar-refractivity contribution is 0.374. The van der Waals surface area contributed by atoms with Gasteiger partial charge >= 0.3 is 0 Å². The summed E-state index contributed by atoms with van der Waals surface area (Å²) >= 11 is 0. The molecule has 0 aliphatic carbocycles. The van der Waals surface area contributed by atoms with Gasteiger partial charge in [-0.3, -0.25) is 4.72 Å². The fourth-order valence-electron chi connectivity index (χ4n) is 2.06. The number of nitrogens with one attached hydrogen (secondary N) is 1. The fraction of sp³-hybridized carbons (Fsp3) is 0.111. The highest BCUT2D eigenvalue weighted by Crippen LogP contribution is 2.36. The molecule has 0 fully saturated rings. The van der Waals surface area contributed by atoms with Gasteiger partial charge in [-0.15, -0.1) is 0 Å². The summed E-state index contributed by atoms with van der Waals surface area (Å²) in [6, 6.07) is 10.5. The van der Waals surface area contributed by atoms with E-state index < -0.39 is 10.0 Å². The van der Waals surface area contributed by atoms with Crippen molar-refractivity contribution in [3.63, 3.8) is 0 Å². The summed E-state index contributed by atoms with van der Waals surface area (Å²) < 4.78 is 35.8. The second-order valence-corrected chi connectivity index (χ2v) is 6.67. The van der Waals surface area contributed by atoms with E-state index in [4.69, 9.17) is 9.47 Å². The SMILES string of the molecule is C=CS(=O)(=O)Nc1cc(/C=C/c2ccc(OC)cc2)cc(OC)c1O. The van der Waals surface area contributed by atoms with Crippen LogP contribution in [0.2, 0.25) is 0 Å². The summed E-state index contributed by atoms with van der Waals surface area (Å²) in [7, 11) is -0.768. The Kier molecular flexibility index (Phi) is 5.71. The summed E-state index contributed by atoms with van der Waals surface area (Å²) in [5.41, 5.74) is 1.59. The molecule has 0 amide bonds. The average Bonchev–Trinajstić information content (AvgIpc) is 2.62. The number of hydrogen-bond acceptors (Lipinski definition) is 5. The van der Waals surface area contributed by atoms with Crippen LogP contribution in [0.3, 0.4) is 0 Å². The van der Waals surface area contributed by atoms with Crippen LogP contribution in [-0.4, -0.2) is 27.7 Å². The van der Waals surface area contributed by atoms with Crippen molar-refractivity contribution in [3.8, 4) is 17.2 Å². The minimum atomic E-state index is -3.75. The van der Waals surface area contributed by atoms with Crippen LogP contribution in [0.1, 0.15) is 11.1 Å². The lowest BCUT2D eigenvalue weighted by Gasteiger charge is -2.11. The number of methoxy groups -OCH3 is 2. The largest absolute Gasteiger partial charge is 0.503 e. The molecule has 0 bridgehead atoms. The molecule has 132 valence electrons. The van der Waals surface area contributed by atoms with Gasteiger partial charge in [0, 0.05) is 5.41 Å². The van der Waals surface area contributed by atoms with Crippen molar-refractivity contribution in [2.75, 3.05) is 18.9 Å². The summed E-state index contributed by atoms with van der Waals surface area (Å²) in [5.74, 6) is 0.609. The van der Waals surface area contributed by atoms with E-state index >= 15 is 0 Å². The van der Waals surface area contributed by atoms with Gasteiger partial charge in [0.1, 0.15) is 5.75 Å². The Balaban J connectivity index is 2.36. The highest BCUT2D eigenvalue weighted by molar-refractivity contribution is 7.95. The maximum absolute atomic E-state index is 11.7. The van der Waals surface area contributed by atoms with Gasteiger partial charge < -0.3 is 14.6 Å². The van der Waals surface area contributed by atoms with Crippen LogP contribution in [0.15, 0.2) is 48.4 Å². The molecule has 0 aromatic heterocycles. The monoisotopic (exact) mass is 361 g/mol. The minimum Gasteiger partial charge on any atom is -0.503 e. The van der Waals surface area contributed by atoms with Gasteiger partial charge in [-0.2, -0.15) is 0 Å².